The van der Waals surface area contributed by atoms with E-state index < -0.39 is 0 Å². The van der Waals surface area contributed by atoms with Gasteiger partial charge in [0.1, 0.15) is 0 Å². The predicted octanol–water partition coefficient (Wildman–Crippen LogP) is 3.40. The third-order valence-corrected chi connectivity index (χ3v) is 3.05. The first kappa shape index (κ1) is 15.9. The fourth-order valence-electron chi connectivity index (χ4n) is 1.93. The van der Waals surface area contributed by atoms with Crippen LogP contribution in [0.4, 0.5) is 0 Å². The molecule has 0 aromatic rings. The Morgan fingerprint density at radius 3 is 2.06 bits per heavy atom. The summed E-state index contributed by atoms with van der Waals surface area (Å²) in [7, 11) is 0. The fraction of sp³-hybridized carbons (Fsp3) is 1.00. The molecule has 0 spiro atoms. The van der Waals surface area contributed by atoms with E-state index in [-0.39, 0.29) is 5.54 Å². The standard InChI is InChI=1S/C14H32N2/c1-6-7-8-11-16(13(2)3)12-9-10-14(4,5)15/h13H,6-12,15H2,1-5H3. The monoisotopic (exact) mass is 228 g/mol. The van der Waals surface area contributed by atoms with Crippen LogP contribution in [0.15, 0.2) is 0 Å². The zero-order valence-electron chi connectivity index (χ0n) is 12.1. The van der Waals surface area contributed by atoms with Crippen LogP contribution in [0.5, 0.6) is 0 Å². The Labute approximate surface area is 103 Å². The van der Waals surface area contributed by atoms with Crippen molar-refractivity contribution >= 4 is 0 Å². The van der Waals surface area contributed by atoms with E-state index in [1.54, 1.807) is 0 Å². The maximum atomic E-state index is 6.00. The summed E-state index contributed by atoms with van der Waals surface area (Å²) < 4.78 is 0. The molecule has 0 aliphatic rings. The Bertz CT molecular complexity index is 159. The van der Waals surface area contributed by atoms with Crippen molar-refractivity contribution in [1.29, 1.82) is 0 Å². The molecule has 2 nitrogen and oxygen atoms in total. The van der Waals surface area contributed by atoms with Crippen molar-refractivity contribution < 1.29 is 0 Å². The van der Waals surface area contributed by atoms with Gasteiger partial charge in [-0.05, 0) is 60.0 Å². The molecule has 98 valence electrons. The van der Waals surface area contributed by atoms with Crippen molar-refractivity contribution in [2.45, 2.75) is 78.3 Å². The molecule has 0 heterocycles. The molecule has 0 radical (unpaired) electrons. The molecule has 0 aromatic carbocycles. The largest absolute Gasteiger partial charge is 0.326 e. The zero-order valence-corrected chi connectivity index (χ0v) is 12.1. The predicted molar refractivity (Wildman–Crippen MR) is 73.7 cm³/mol. The molecule has 0 amide bonds. The third-order valence-electron chi connectivity index (χ3n) is 3.05. The summed E-state index contributed by atoms with van der Waals surface area (Å²) in [5, 5.41) is 0. The van der Waals surface area contributed by atoms with Crippen LogP contribution >= 0.6 is 0 Å². The van der Waals surface area contributed by atoms with Gasteiger partial charge in [-0.1, -0.05) is 19.8 Å². The fourth-order valence-corrected chi connectivity index (χ4v) is 1.93. The molecule has 0 saturated heterocycles. The number of nitrogens with zero attached hydrogens (tertiary/aromatic N) is 1. The van der Waals surface area contributed by atoms with Crippen LogP contribution in [0.25, 0.3) is 0 Å². The maximum absolute atomic E-state index is 6.00. The number of rotatable bonds is 9. The van der Waals surface area contributed by atoms with Crippen molar-refractivity contribution in [3.8, 4) is 0 Å². The average molecular weight is 228 g/mol. The highest BCUT2D eigenvalue weighted by Crippen LogP contribution is 2.10. The Hall–Kier alpha value is -0.0800. The van der Waals surface area contributed by atoms with E-state index >= 15 is 0 Å². The van der Waals surface area contributed by atoms with Gasteiger partial charge in [0.05, 0.1) is 0 Å². The number of nitrogens with two attached hydrogens (primary N) is 1. The SMILES string of the molecule is CCCCCN(CCCC(C)(C)N)C(C)C. The van der Waals surface area contributed by atoms with E-state index in [9.17, 15) is 0 Å². The van der Waals surface area contributed by atoms with Crippen molar-refractivity contribution in [1.82, 2.24) is 4.90 Å². The maximum Gasteiger partial charge on any atom is 0.00975 e. The summed E-state index contributed by atoms with van der Waals surface area (Å²) >= 11 is 0. The molecule has 0 bridgehead atoms. The van der Waals surface area contributed by atoms with Gasteiger partial charge >= 0.3 is 0 Å². The van der Waals surface area contributed by atoms with Crippen molar-refractivity contribution in [3.05, 3.63) is 0 Å². The zero-order chi connectivity index (χ0) is 12.6. The van der Waals surface area contributed by atoms with Gasteiger partial charge in [0, 0.05) is 11.6 Å². The second kappa shape index (κ2) is 8.08. The van der Waals surface area contributed by atoms with E-state index in [1.165, 1.54) is 38.8 Å². The second-order valence-corrected chi connectivity index (χ2v) is 5.93. The van der Waals surface area contributed by atoms with Crippen LogP contribution in [0, 0.1) is 0 Å². The molecule has 0 fully saturated rings. The van der Waals surface area contributed by atoms with Gasteiger partial charge in [0.15, 0.2) is 0 Å². The van der Waals surface area contributed by atoms with Gasteiger partial charge < -0.3 is 10.6 Å². The molecule has 2 heteroatoms. The lowest BCUT2D eigenvalue weighted by Crippen LogP contribution is -2.36. The van der Waals surface area contributed by atoms with Gasteiger partial charge in [-0.2, -0.15) is 0 Å². The van der Waals surface area contributed by atoms with E-state index in [0.29, 0.717) is 6.04 Å². The number of hydrogen-bond donors (Lipinski definition) is 1. The van der Waals surface area contributed by atoms with Gasteiger partial charge in [-0.3, -0.25) is 0 Å². The first-order chi connectivity index (χ1) is 7.37. The normalized spacial score (nSPS) is 12.8. The van der Waals surface area contributed by atoms with Crippen LogP contribution in [0.2, 0.25) is 0 Å². The minimum Gasteiger partial charge on any atom is -0.326 e. The molecular weight excluding hydrogens is 196 g/mol. The van der Waals surface area contributed by atoms with Gasteiger partial charge in [0.25, 0.3) is 0 Å². The first-order valence-electron chi connectivity index (χ1n) is 6.89. The molecule has 0 saturated carbocycles. The van der Waals surface area contributed by atoms with E-state index in [2.05, 4.69) is 39.5 Å². The summed E-state index contributed by atoms with van der Waals surface area (Å²) in [6.45, 7) is 13.5. The lowest BCUT2D eigenvalue weighted by atomic mass is 10.00. The minimum absolute atomic E-state index is 0.00787. The average Bonchev–Trinajstić information content (AvgIpc) is 2.13. The molecule has 0 rings (SSSR count). The Morgan fingerprint density at radius 1 is 1.06 bits per heavy atom. The van der Waals surface area contributed by atoms with Gasteiger partial charge in [-0.25, -0.2) is 0 Å². The summed E-state index contributed by atoms with van der Waals surface area (Å²) in [4.78, 5) is 2.58. The molecule has 0 aromatic heterocycles. The molecule has 16 heavy (non-hydrogen) atoms. The Morgan fingerprint density at radius 2 is 1.62 bits per heavy atom. The highest BCUT2D eigenvalue weighted by Gasteiger charge is 2.13. The quantitative estimate of drug-likeness (QED) is 0.613. The van der Waals surface area contributed by atoms with Gasteiger partial charge in [-0.15, -0.1) is 0 Å². The Kier molecular flexibility index (Phi) is 8.04. The molecule has 0 unspecified atom stereocenters. The molecule has 0 atom stereocenters. The van der Waals surface area contributed by atoms with Crippen molar-refractivity contribution in [2.75, 3.05) is 13.1 Å². The summed E-state index contributed by atoms with van der Waals surface area (Å²) in [5.74, 6) is 0. The topological polar surface area (TPSA) is 29.3 Å². The summed E-state index contributed by atoms with van der Waals surface area (Å²) in [6.07, 6.45) is 6.33. The lowest BCUT2D eigenvalue weighted by molar-refractivity contribution is 0.207. The lowest BCUT2D eigenvalue weighted by Gasteiger charge is -2.28. The number of hydrogen-bond acceptors (Lipinski definition) is 2. The van der Waals surface area contributed by atoms with Crippen molar-refractivity contribution in [3.63, 3.8) is 0 Å². The van der Waals surface area contributed by atoms with Crippen LogP contribution in [0.3, 0.4) is 0 Å². The molecule has 2 N–H and O–H groups in total. The first-order valence-corrected chi connectivity index (χ1v) is 6.89. The van der Waals surface area contributed by atoms with Crippen LogP contribution in [-0.2, 0) is 0 Å². The van der Waals surface area contributed by atoms with E-state index in [0.717, 1.165) is 6.42 Å². The third kappa shape index (κ3) is 9.17. The van der Waals surface area contributed by atoms with Crippen molar-refractivity contribution in [2.24, 2.45) is 5.73 Å². The molecule has 0 aliphatic heterocycles. The van der Waals surface area contributed by atoms with E-state index in [4.69, 9.17) is 5.73 Å². The molecule has 0 aliphatic carbocycles. The van der Waals surface area contributed by atoms with Crippen LogP contribution < -0.4 is 5.73 Å². The minimum atomic E-state index is -0.00787. The van der Waals surface area contributed by atoms with E-state index in [1.807, 2.05) is 0 Å². The highest BCUT2D eigenvalue weighted by atomic mass is 15.1. The Balaban J connectivity index is 3.77. The highest BCUT2D eigenvalue weighted by molar-refractivity contribution is 4.73. The summed E-state index contributed by atoms with van der Waals surface area (Å²) in [5.41, 5.74) is 5.99. The van der Waals surface area contributed by atoms with Gasteiger partial charge in [0.2, 0.25) is 0 Å². The second-order valence-electron chi connectivity index (χ2n) is 5.93. The van der Waals surface area contributed by atoms with Crippen LogP contribution in [-0.4, -0.2) is 29.6 Å². The smallest absolute Gasteiger partial charge is 0.00975 e. The van der Waals surface area contributed by atoms with Crippen LogP contribution in [0.1, 0.15) is 66.7 Å². The number of unbranched alkanes of at least 4 members (excludes halogenated alkanes) is 2. The summed E-state index contributed by atoms with van der Waals surface area (Å²) in [6, 6.07) is 0.665. The molecular formula is C14H32N2.